The smallest absolute Gasteiger partial charge is 0.254 e. The SMILES string of the molecule is CC1=C(C(=O)Nc2ccccc2)C(c2ccccc2Cl)C(C#N)=C(SCC(=O)c2ccc(Br)cc2)N1. The third-order valence-corrected chi connectivity index (χ3v) is 7.54. The molecule has 8 heteroatoms. The lowest BCUT2D eigenvalue weighted by molar-refractivity contribution is -0.113. The van der Waals surface area contributed by atoms with Gasteiger partial charge in [0, 0.05) is 32.0 Å². The van der Waals surface area contributed by atoms with E-state index >= 15 is 0 Å². The van der Waals surface area contributed by atoms with Gasteiger partial charge in [0.1, 0.15) is 0 Å². The van der Waals surface area contributed by atoms with Crippen LogP contribution in [-0.4, -0.2) is 17.4 Å². The summed E-state index contributed by atoms with van der Waals surface area (Å²) in [5, 5.41) is 17.3. The van der Waals surface area contributed by atoms with Gasteiger partial charge in [-0.1, -0.05) is 87.8 Å². The van der Waals surface area contributed by atoms with Crippen molar-refractivity contribution in [1.82, 2.24) is 5.32 Å². The summed E-state index contributed by atoms with van der Waals surface area (Å²) in [5.74, 6) is -0.969. The minimum Gasteiger partial charge on any atom is -0.353 e. The van der Waals surface area contributed by atoms with E-state index < -0.39 is 5.92 Å². The van der Waals surface area contributed by atoms with Crippen molar-refractivity contribution in [1.29, 1.82) is 5.26 Å². The lowest BCUT2D eigenvalue weighted by atomic mass is 9.82. The second-order valence-corrected chi connectivity index (χ2v) is 10.3. The van der Waals surface area contributed by atoms with E-state index in [-0.39, 0.29) is 17.4 Å². The Labute approximate surface area is 227 Å². The topological polar surface area (TPSA) is 82.0 Å². The number of nitriles is 1. The molecule has 0 aromatic heterocycles. The second-order valence-electron chi connectivity index (χ2n) is 8.01. The highest BCUT2D eigenvalue weighted by Crippen LogP contribution is 2.43. The van der Waals surface area contributed by atoms with Crippen LogP contribution in [0.15, 0.2) is 105 Å². The summed E-state index contributed by atoms with van der Waals surface area (Å²) in [4.78, 5) is 26.3. The van der Waals surface area contributed by atoms with Crippen LogP contribution in [0.4, 0.5) is 5.69 Å². The fraction of sp³-hybridized carbons (Fsp3) is 0.107. The maximum atomic E-state index is 13.5. The monoisotopic (exact) mass is 577 g/mol. The fourth-order valence-electron chi connectivity index (χ4n) is 3.92. The molecular weight excluding hydrogens is 558 g/mol. The Morgan fingerprint density at radius 3 is 2.39 bits per heavy atom. The number of benzene rings is 3. The molecule has 1 amide bonds. The summed E-state index contributed by atoms with van der Waals surface area (Å²) in [5.41, 5.74) is 3.19. The number of nitrogens with zero attached hydrogens (tertiary/aromatic N) is 1. The summed E-state index contributed by atoms with van der Waals surface area (Å²) in [6.45, 7) is 1.79. The number of halogens is 2. The van der Waals surface area contributed by atoms with Gasteiger partial charge in [0.15, 0.2) is 5.78 Å². The van der Waals surface area contributed by atoms with Crippen LogP contribution in [0.1, 0.15) is 28.8 Å². The van der Waals surface area contributed by atoms with Crippen LogP contribution in [0.3, 0.4) is 0 Å². The number of Topliss-reactive ketones (excluding diaryl/α,β-unsaturated/α-hetero) is 1. The van der Waals surface area contributed by atoms with Crippen molar-refractivity contribution in [3.8, 4) is 6.07 Å². The molecule has 180 valence electrons. The molecule has 0 spiro atoms. The largest absolute Gasteiger partial charge is 0.353 e. The Morgan fingerprint density at radius 2 is 1.72 bits per heavy atom. The first-order chi connectivity index (χ1) is 17.4. The predicted octanol–water partition coefficient (Wildman–Crippen LogP) is 7.05. The van der Waals surface area contributed by atoms with Crippen molar-refractivity contribution in [3.63, 3.8) is 0 Å². The van der Waals surface area contributed by atoms with E-state index in [1.807, 2.05) is 42.5 Å². The summed E-state index contributed by atoms with van der Waals surface area (Å²) < 4.78 is 0.889. The quantitative estimate of drug-likeness (QED) is 0.294. The molecule has 5 nitrogen and oxygen atoms in total. The molecular formula is C28H21BrClN3O2S. The zero-order valence-electron chi connectivity index (χ0n) is 19.2. The van der Waals surface area contributed by atoms with Crippen molar-refractivity contribution >= 4 is 56.7 Å². The number of amides is 1. The third kappa shape index (κ3) is 5.73. The Hall–Kier alpha value is -3.31. The van der Waals surface area contributed by atoms with Crippen molar-refractivity contribution < 1.29 is 9.59 Å². The van der Waals surface area contributed by atoms with Crippen molar-refractivity contribution in [3.05, 3.63) is 121 Å². The molecule has 1 heterocycles. The number of thioether (sulfide) groups is 1. The molecule has 1 unspecified atom stereocenters. The van der Waals surface area contributed by atoms with Crippen LogP contribution >= 0.6 is 39.3 Å². The minimum atomic E-state index is -0.695. The van der Waals surface area contributed by atoms with E-state index in [1.165, 1.54) is 11.8 Å². The van der Waals surface area contributed by atoms with E-state index in [2.05, 4.69) is 32.6 Å². The van der Waals surface area contributed by atoms with Gasteiger partial charge in [-0.3, -0.25) is 9.59 Å². The van der Waals surface area contributed by atoms with Gasteiger partial charge in [-0.05, 0) is 42.8 Å². The maximum absolute atomic E-state index is 13.5. The molecule has 0 saturated carbocycles. The summed E-state index contributed by atoms with van der Waals surface area (Å²) >= 11 is 11.2. The first-order valence-electron chi connectivity index (χ1n) is 11.0. The molecule has 3 aromatic carbocycles. The highest BCUT2D eigenvalue weighted by molar-refractivity contribution is 9.10. The van der Waals surface area contributed by atoms with Crippen LogP contribution < -0.4 is 10.6 Å². The van der Waals surface area contributed by atoms with Gasteiger partial charge in [0.2, 0.25) is 0 Å². The normalized spacial score (nSPS) is 15.2. The van der Waals surface area contributed by atoms with Gasteiger partial charge in [0.05, 0.1) is 28.3 Å². The molecule has 0 radical (unpaired) electrons. The predicted molar refractivity (Wildman–Crippen MR) is 149 cm³/mol. The zero-order valence-corrected chi connectivity index (χ0v) is 22.4. The first-order valence-corrected chi connectivity index (χ1v) is 13.2. The number of anilines is 1. The standard InChI is InChI=1S/C28H21BrClN3O2S/c1-17-25(27(35)33-20-7-3-2-4-8-20)26(21-9-5-6-10-23(21)30)22(15-31)28(32-17)36-16-24(34)18-11-13-19(29)14-12-18/h2-14,26,32H,16H2,1H3,(H,33,35). The lowest BCUT2D eigenvalue weighted by Gasteiger charge is -2.30. The average Bonchev–Trinajstić information content (AvgIpc) is 2.88. The highest BCUT2D eigenvalue weighted by atomic mass is 79.9. The number of hydrogen-bond acceptors (Lipinski definition) is 5. The van der Waals surface area contributed by atoms with E-state index in [1.54, 1.807) is 43.3 Å². The first kappa shape index (κ1) is 25.8. The van der Waals surface area contributed by atoms with Crippen molar-refractivity contribution in [2.75, 3.05) is 11.1 Å². The number of nitrogens with one attached hydrogen (secondary N) is 2. The Kier molecular flexibility index (Phi) is 8.32. The highest BCUT2D eigenvalue weighted by Gasteiger charge is 2.36. The number of allylic oxidation sites excluding steroid dienone is 2. The van der Waals surface area contributed by atoms with E-state index in [0.717, 1.165) is 4.47 Å². The number of carbonyl (C=O) groups is 2. The second kappa shape index (κ2) is 11.6. The lowest BCUT2D eigenvalue weighted by Crippen LogP contribution is -2.31. The van der Waals surface area contributed by atoms with Crippen molar-refractivity contribution in [2.24, 2.45) is 0 Å². The molecule has 36 heavy (non-hydrogen) atoms. The summed E-state index contributed by atoms with van der Waals surface area (Å²) in [6, 6.07) is 25.7. The van der Waals surface area contributed by atoms with Crippen LogP contribution in [0.5, 0.6) is 0 Å². The molecule has 1 aliphatic rings. The van der Waals surface area contributed by atoms with Crippen LogP contribution in [0, 0.1) is 11.3 Å². The Balaban J connectivity index is 1.69. The molecule has 0 aliphatic carbocycles. The van der Waals surface area contributed by atoms with Crippen LogP contribution in [0.25, 0.3) is 0 Å². The maximum Gasteiger partial charge on any atom is 0.254 e. The molecule has 1 atom stereocenters. The zero-order chi connectivity index (χ0) is 25.7. The van der Waals surface area contributed by atoms with Crippen LogP contribution in [0.2, 0.25) is 5.02 Å². The molecule has 0 saturated heterocycles. The number of rotatable bonds is 7. The molecule has 0 bridgehead atoms. The summed E-state index contributed by atoms with van der Waals surface area (Å²) in [7, 11) is 0. The van der Waals surface area contributed by atoms with Gasteiger partial charge >= 0.3 is 0 Å². The molecule has 4 rings (SSSR count). The third-order valence-electron chi connectivity index (χ3n) is 5.65. The number of para-hydroxylation sites is 1. The Bertz CT molecular complexity index is 1410. The van der Waals surface area contributed by atoms with Gasteiger partial charge in [-0.2, -0.15) is 5.26 Å². The molecule has 3 aromatic rings. The minimum absolute atomic E-state index is 0.0670. The average molecular weight is 579 g/mol. The van der Waals surface area contributed by atoms with Crippen molar-refractivity contribution in [2.45, 2.75) is 12.8 Å². The molecule has 0 fully saturated rings. The van der Waals surface area contributed by atoms with Gasteiger partial charge in [-0.25, -0.2) is 0 Å². The summed E-state index contributed by atoms with van der Waals surface area (Å²) in [6.07, 6.45) is 0. The van der Waals surface area contributed by atoms with Gasteiger partial charge in [0.25, 0.3) is 5.91 Å². The molecule has 1 aliphatic heterocycles. The number of hydrogen-bond donors (Lipinski definition) is 2. The molecule has 2 N–H and O–H groups in total. The van der Waals surface area contributed by atoms with Gasteiger partial charge in [-0.15, -0.1) is 0 Å². The van der Waals surface area contributed by atoms with Crippen LogP contribution in [-0.2, 0) is 4.79 Å². The number of carbonyl (C=O) groups excluding carboxylic acids is 2. The number of dihydropyridines is 1. The van der Waals surface area contributed by atoms with Gasteiger partial charge < -0.3 is 10.6 Å². The fourth-order valence-corrected chi connectivity index (χ4v) is 5.42. The van der Waals surface area contributed by atoms with E-state index in [0.29, 0.717) is 43.7 Å². The number of ketones is 1. The van der Waals surface area contributed by atoms with E-state index in [4.69, 9.17) is 11.6 Å². The van der Waals surface area contributed by atoms with E-state index in [9.17, 15) is 14.9 Å². The Morgan fingerprint density at radius 1 is 1.06 bits per heavy atom.